The van der Waals surface area contributed by atoms with Crippen molar-refractivity contribution in [3.05, 3.63) is 125 Å². The minimum Gasteiger partial charge on any atom is -0.497 e. The molecular weight excluding hydrogens is 654 g/mol. The van der Waals surface area contributed by atoms with E-state index in [0.29, 0.717) is 12.2 Å². The molecule has 45 heavy (non-hydrogen) atoms. The fourth-order valence-corrected chi connectivity index (χ4v) is 6.49. The van der Waals surface area contributed by atoms with Crippen LogP contribution < -0.4 is 14.4 Å². The van der Waals surface area contributed by atoms with Gasteiger partial charge < -0.3 is 15.0 Å². The van der Waals surface area contributed by atoms with E-state index in [0.717, 1.165) is 19.9 Å². The predicted molar refractivity (Wildman–Crippen MR) is 180 cm³/mol. The lowest BCUT2D eigenvalue weighted by Gasteiger charge is -2.34. The molecule has 0 aromatic heterocycles. The Morgan fingerprint density at radius 3 is 2.13 bits per heavy atom. The molecule has 1 N–H and O–H groups in total. The highest BCUT2D eigenvalue weighted by Crippen LogP contribution is 2.28. The zero-order chi connectivity index (χ0) is 32.4. The number of nitrogens with one attached hydrogen (secondary N) is 1. The topological polar surface area (TPSA) is 96.0 Å². The molecule has 0 aliphatic heterocycles. The molecule has 0 aliphatic carbocycles. The molecule has 2 atom stereocenters. The molecule has 4 aromatic carbocycles. The summed E-state index contributed by atoms with van der Waals surface area (Å²) in [6.07, 6.45) is 0.958. The van der Waals surface area contributed by atoms with E-state index in [1.54, 1.807) is 42.5 Å². The zero-order valence-corrected chi connectivity index (χ0v) is 28.0. The number of hydrogen-bond donors (Lipinski definition) is 1. The SMILES string of the molecule is CC[C@@H](C)NC(=O)[C@@H](Cc1ccccc1)N(Cc1ccc(Br)cc1)C(=O)CN(c1cccc(OC)c1)S(=O)(=O)c1ccccc1. The largest absolute Gasteiger partial charge is 0.497 e. The molecule has 0 bridgehead atoms. The van der Waals surface area contributed by atoms with E-state index in [4.69, 9.17) is 4.74 Å². The molecule has 0 spiro atoms. The van der Waals surface area contributed by atoms with E-state index in [1.807, 2.05) is 68.4 Å². The van der Waals surface area contributed by atoms with Gasteiger partial charge in [0, 0.05) is 29.5 Å². The van der Waals surface area contributed by atoms with Crippen LogP contribution in [-0.4, -0.2) is 50.9 Å². The van der Waals surface area contributed by atoms with E-state index < -0.39 is 28.5 Å². The lowest BCUT2D eigenvalue weighted by atomic mass is 10.0. The minimum atomic E-state index is -4.19. The van der Waals surface area contributed by atoms with Crippen LogP contribution in [-0.2, 0) is 32.6 Å². The average Bonchev–Trinajstić information content (AvgIpc) is 3.06. The van der Waals surface area contributed by atoms with E-state index in [9.17, 15) is 18.0 Å². The third-order valence-electron chi connectivity index (χ3n) is 7.49. The maximum absolute atomic E-state index is 14.5. The van der Waals surface area contributed by atoms with Crippen molar-refractivity contribution >= 4 is 43.5 Å². The van der Waals surface area contributed by atoms with E-state index in [-0.39, 0.29) is 35.5 Å². The van der Waals surface area contributed by atoms with E-state index in [1.165, 1.54) is 24.1 Å². The van der Waals surface area contributed by atoms with Crippen molar-refractivity contribution in [1.82, 2.24) is 10.2 Å². The highest BCUT2D eigenvalue weighted by molar-refractivity contribution is 9.10. The van der Waals surface area contributed by atoms with Crippen molar-refractivity contribution in [2.24, 2.45) is 0 Å². The second-order valence-electron chi connectivity index (χ2n) is 10.7. The highest BCUT2D eigenvalue weighted by atomic mass is 79.9. The first-order valence-corrected chi connectivity index (χ1v) is 17.0. The predicted octanol–water partition coefficient (Wildman–Crippen LogP) is 6.21. The van der Waals surface area contributed by atoms with Gasteiger partial charge in [-0.2, -0.15) is 0 Å². The smallest absolute Gasteiger partial charge is 0.264 e. The number of methoxy groups -OCH3 is 1. The second-order valence-corrected chi connectivity index (χ2v) is 13.5. The number of rotatable bonds is 14. The quantitative estimate of drug-likeness (QED) is 0.170. The Hall–Kier alpha value is -4.15. The molecule has 236 valence electrons. The van der Waals surface area contributed by atoms with Crippen LogP contribution in [0.5, 0.6) is 5.75 Å². The van der Waals surface area contributed by atoms with Gasteiger partial charge in [0.25, 0.3) is 10.0 Å². The Bertz CT molecular complexity index is 1670. The lowest BCUT2D eigenvalue weighted by Crippen LogP contribution is -2.54. The third-order valence-corrected chi connectivity index (χ3v) is 9.81. The van der Waals surface area contributed by atoms with Gasteiger partial charge in [0.2, 0.25) is 11.8 Å². The molecule has 8 nitrogen and oxygen atoms in total. The van der Waals surface area contributed by atoms with Gasteiger partial charge in [-0.3, -0.25) is 13.9 Å². The molecule has 4 aromatic rings. The van der Waals surface area contributed by atoms with Crippen molar-refractivity contribution in [3.8, 4) is 5.75 Å². The number of halogens is 1. The van der Waals surface area contributed by atoms with Crippen molar-refractivity contribution in [2.75, 3.05) is 18.0 Å². The van der Waals surface area contributed by atoms with Crippen LogP contribution in [0.3, 0.4) is 0 Å². The number of sulfonamides is 1. The first kappa shape index (κ1) is 33.7. The molecular formula is C35H38BrN3O5S. The first-order chi connectivity index (χ1) is 21.6. The van der Waals surface area contributed by atoms with Crippen LogP contribution in [0.1, 0.15) is 31.4 Å². The normalized spacial score (nSPS) is 12.5. The summed E-state index contributed by atoms with van der Waals surface area (Å²) in [4.78, 5) is 30.0. The summed E-state index contributed by atoms with van der Waals surface area (Å²) in [6.45, 7) is 3.44. The molecule has 2 amide bonds. The summed E-state index contributed by atoms with van der Waals surface area (Å²) in [5.41, 5.74) is 1.93. The number of anilines is 1. The summed E-state index contributed by atoms with van der Waals surface area (Å²) >= 11 is 3.46. The number of carbonyl (C=O) groups excluding carboxylic acids is 2. The fraction of sp³-hybridized carbons (Fsp3) is 0.257. The summed E-state index contributed by atoms with van der Waals surface area (Å²) < 4.78 is 35.5. The second kappa shape index (κ2) is 15.7. The van der Waals surface area contributed by atoms with Crippen LogP contribution in [0.15, 0.2) is 119 Å². The van der Waals surface area contributed by atoms with Gasteiger partial charge in [-0.05, 0) is 60.9 Å². The third kappa shape index (κ3) is 8.95. The zero-order valence-electron chi connectivity index (χ0n) is 25.6. The Morgan fingerprint density at radius 2 is 1.51 bits per heavy atom. The van der Waals surface area contributed by atoms with Crippen molar-refractivity contribution in [2.45, 2.75) is 50.2 Å². The maximum atomic E-state index is 14.5. The average molecular weight is 693 g/mol. The minimum absolute atomic E-state index is 0.0374. The molecule has 0 unspecified atom stereocenters. The van der Waals surface area contributed by atoms with Crippen LogP contribution >= 0.6 is 15.9 Å². The van der Waals surface area contributed by atoms with Gasteiger partial charge in [0.1, 0.15) is 18.3 Å². The molecule has 0 saturated heterocycles. The molecule has 4 rings (SSSR count). The number of hydrogen-bond acceptors (Lipinski definition) is 5. The summed E-state index contributed by atoms with van der Waals surface area (Å²) in [5.74, 6) is -0.396. The molecule has 0 aliphatic rings. The number of carbonyl (C=O) groups is 2. The van der Waals surface area contributed by atoms with Gasteiger partial charge in [0.15, 0.2) is 0 Å². The molecule has 0 heterocycles. The van der Waals surface area contributed by atoms with Crippen molar-refractivity contribution in [3.63, 3.8) is 0 Å². The van der Waals surface area contributed by atoms with Crippen LogP contribution in [0.25, 0.3) is 0 Å². The van der Waals surface area contributed by atoms with Gasteiger partial charge in [0.05, 0.1) is 17.7 Å². The summed E-state index contributed by atoms with van der Waals surface area (Å²) in [7, 11) is -2.70. The Balaban J connectivity index is 1.81. The number of amides is 2. The van der Waals surface area contributed by atoms with Crippen molar-refractivity contribution in [1.29, 1.82) is 0 Å². The number of nitrogens with zero attached hydrogens (tertiary/aromatic N) is 2. The molecule has 10 heteroatoms. The van der Waals surface area contributed by atoms with Gasteiger partial charge in [-0.15, -0.1) is 0 Å². The highest BCUT2D eigenvalue weighted by Gasteiger charge is 2.35. The Morgan fingerprint density at radius 1 is 0.867 bits per heavy atom. The van der Waals surface area contributed by atoms with Crippen LogP contribution in [0, 0.1) is 0 Å². The van der Waals surface area contributed by atoms with Gasteiger partial charge in [-0.1, -0.05) is 89.6 Å². The standard InChI is InChI=1S/C35H38BrN3O5S/c1-4-26(2)37-35(41)33(22-27-12-7-5-8-13-27)38(24-28-18-20-29(36)21-19-28)34(40)25-39(30-14-11-15-31(23-30)44-3)45(42,43)32-16-9-6-10-17-32/h5-21,23,26,33H,4,22,24-25H2,1-3H3,(H,37,41)/t26-,33-/m1/s1. The van der Waals surface area contributed by atoms with E-state index in [2.05, 4.69) is 21.2 Å². The van der Waals surface area contributed by atoms with E-state index >= 15 is 0 Å². The molecule has 0 saturated carbocycles. The number of ether oxygens (including phenoxy) is 1. The summed E-state index contributed by atoms with van der Waals surface area (Å²) in [6, 6.07) is 30.5. The maximum Gasteiger partial charge on any atom is 0.264 e. The first-order valence-electron chi connectivity index (χ1n) is 14.7. The Labute approximate surface area is 274 Å². The lowest BCUT2D eigenvalue weighted by molar-refractivity contribution is -0.140. The van der Waals surface area contributed by atoms with Crippen molar-refractivity contribution < 1.29 is 22.7 Å². The monoisotopic (exact) mass is 691 g/mol. The summed E-state index contributed by atoms with van der Waals surface area (Å²) in [5, 5.41) is 3.05. The molecule has 0 radical (unpaired) electrons. The fourth-order valence-electron chi connectivity index (χ4n) is 4.80. The number of benzene rings is 4. The van der Waals surface area contributed by atoms with Crippen LogP contribution in [0.4, 0.5) is 5.69 Å². The van der Waals surface area contributed by atoms with Gasteiger partial charge >= 0.3 is 0 Å². The molecule has 0 fully saturated rings. The van der Waals surface area contributed by atoms with Gasteiger partial charge in [-0.25, -0.2) is 8.42 Å². The Kier molecular flexibility index (Phi) is 11.8. The van der Waals surface area contributed by atoms with Crippen LogP contribution in [0.2, 0.25) is 0 Å².